The second-order valence-corrected chi connectivity index (χ2v) is 5.76. The number of aryl methyl sites for hydroxylation is 1. The van der Waals surface area contributed by atoms with Crippen LogP contribution in [-0.2, 0) is 19.5 Å². The maximum absolute atomic E-state index is 4.30. The average molecular weight is 313 g/mol. The van der Waals surface area contributed by atoms with Crippen molar-refractivity contribution in [3.8, 4) is 0 Å². The number of rotatable bonds is 7. The zero-order chi connectivity index (χ0) is 16.5. The monoisotopic (exact) mass is 313 g/mol. The van der Waals surface area contributed by atoms with Gasteiger partial charge in [-0.3, -0.25) is 9.67 Å². The van der Waals surface area contributed by atoms with Gasteiger partial charge in [0.25, 0.3) is 0 Å². The summed E-state index contributed by atoms with van der Waals surface area (Å²) in [6, 6.07) is 10.5. The van der Waals surface area contributed by atoms with Crippen LogP contribution in [0, 0.1) is 5.92 Å². The topological polar surface area (TPSA) is 54.2 Å². The van der Waals surface area contributed by atoms with Gasteiger partial charge < -0.3 is 10.6 Å². The van der Waals surface area contributed by atoms with E-state index in [4.69, 9.17) is 0 Å². The van der Waals surface area contributed by atoms with Crippen molar-refractivity contribution in [1.29, 1.82) is 0 Å². The maximum Gasteiger partial charge on any atom is 0.191 e. The highest BCUT2D eigenvalue weighted by Gasteiger charge is 2.06. The normalized spacial score (nSPS) is 12.9. The van der Waals surface area contributed by atoms with Crippen molar-refractivity contribution in [1.82, 2.24) is 20.4 Å². The summed E-state index contributed by atoms with van der Waals surface area (Å²) < 4.78 is 1.96. The fraction of sp³-hybridized carbons (Fsp3) is 0.444. The second-order valence-electron chi connectivity index (χ2n) is 5.76. The Morgan fingerprint density at radius 2 is 2.00 bits per heavy atom. The third-order valence-electron chi connectivity index (χ3n) is 3.85. The minimum Gasteiger partial charge on any atom is -0.356 e. The highest BCUT2D eigenvalue weighted by atomic mass is 15.3. The number of hydrogen-bond donors (Lipinski definition) is 2. The van der Waals surface area contributed by atoms with Crippen molar-refractivity contribution >= 4 is 5.96 Å². The Labute approximate surface area is 138 Å². The van der Waals surface area contributed by atoms with Crippen molar-refractivity contribution in [3.63, 3.8) is 0 Å². The van der Waals surface area contributed by atoms with Crippen LogP contribution in [0.3, 0.4) is 0 Å². The molecule has 5 nitrogen and oxygen atoms in total. The lowest BCUT2D eigenvalue weighted by molar-refractivity contribution is 0.443. The van der Waals surface area contributed by atoms with Crippen LogP contribution in [-0.4, -0.2) is 29.3 Å². The predicted molar refractivity (Wildman–Crippen MR) is 95.4 cm³/mol. The summed E-state index contributed by atoms with van der Waals surface area (Å²) in [7, 11) is 1.80. The van der Waals surface area contributed by atoms with E-state index in [1.54, 1.807) is 7.05 Å². The van der Waals surface area contributed by atoms with E-state index < -0.39 is 0 Å². The van der Waals surface area contributed by atoms with Crippen LogP contribution >= 0.6 is 0 Å². The van der Waals surface area contributed by atoms with Crippen LogP contribution in [0.15, 0.2) is 47.7 Å². The van der Waals surface area contributed by atoms with Gasteiger partial charge in [0, 0.05) is 39.1 Å². The van der Waals surface area contributed by atoms with Crippen LogP contribution in [0.5, 0.6) is 0 Å². The molecule has 1 aromatic heterocycles. The van der Waals surface area contributed by atoms with Gasteiger partial charge >= 0.3 is 0 Å². The van der Waals surface area contributed by atoms with Gasteiger partial charge in [-0.25, -0.2) is 0 Å². The van der Waals surface area contributed by atoms with Crippen molar-refractivity contribution < 1.29 is 0 Å². The fourth-order valence-electron chi connectivity index (χ4n) is 2.54. The molecule has 2 N–H and O–H groups in total. The number of aromatic nitrogens is 2. The molecule has 0 bridgehead atoms. The van der Waals surface area contributed by atoms with E-state index in [9.17, 15) is 0 Å². The molecule has 2 aromatic rings. The first-order valence-electron chi connectivity index (χ1n) is 8.21. The number of guanidine groups is 1. The first-order chi connectivity index (χ1) is 11.2. The number of nitrogens with zero attached hydrogens (tertiary/aromatic N) is 3. The van der Waals surface area contributed by atoms with Gasteiger partial charge in [0.1, 0.15) is 0 Å². The lowest BCUT2D eigenvalue weighted by Gasteiger charge is -2.17. The van der Waals surface area contributed by atoms with E-state index in [2.05, 4.69) is 58.8 Å². The second kappa shape index (κ2) is 8.98. The van der Waals surface area contributed by atoms with Crippen LogP contribution in [0.2, 0.25) is 0 Å². The minimum absolute atomic E-state index is 0.469. The number of nitrogens with one attached hydrogen (secondary N) is 2. The molecular formula is C18H27N5. The van der Waals surface area contributed by atoms with E-state index in [1.807, 2.05) is 23.1 Å². The molecule has 0 saturated carbocycles. The molecule has 1 unspecified atom stereocenters. The van der Waals surface area contributed by atoms with Gasteiger partial charge in [0.15, 0.2) is 5.96 Å². The Bertz CT molecular complexity index is 604. The molecule has 5 heteroatoms. The molecule has 0 aliphatic carbocycles. The minimum atomic E-state index is 0.469. The molecular weight excluding hydrogens is 286 g/mol. The van der Waals surface area contributed by atoms with Gasteiger partial charge in [-0.2, -0.15) is 5.10 Å². The summed E-state index contributed by atoms with van der Waals surface area (Å²) in [5, 5.41) is 11.0. The Kier molecular flexibility index (Phi) is 6.66. The molecule has 0 spiro atoms. The molecule has 0 saturated heterocycles. The SMILES string of the molecule is CCc1ccccc1CNC(=NC)NCC(C)Cn1cccn1. The zero-order valence-electron chi connectivity index (χ0n) is 14.3. The van der Waals surface area contributed by atoms with Crippen LogP contribution in [0.25, 0.3) is 0 Å². The molecule has 124 valence electrons. The van der Waals surface area contributed by atoms with Crippen LogP contribution in [0.1, 0.15) is 25.0 Å². The zero-order valence-corrected chi connectivity index (χ0v) is 14.3. The van der Waals surface area contributed by atoms with Gasteiger partial charge in [0.05, 0.1) is 0 Å². The van der Waals surface area contributed by atoms with Crippen molar-refractivity contribution in [3.05, 3.63) is 53.9 Å². The lowest BCUT2D eigenvalue weighted by Crippen LogP contribution is -2.39. The largest absolute Gasteiger partial charge is 0.356 e. The quantitative estimate of drug-likeness (QED) is 0.610. The van der Waals surface area contributed by atoms with E-state index in [1.165, 1.54) is 11.1 Å². The summed E-state index contributed by atoms with van der Waals surface area (Å²) in [6.07, 6.45) is 4.85. The molecule has 0 aliphatic heterocycles. The molecule has 1 aromatic carbocycles. The molecule has 1 heterocycles. The summed E-state index contributed by atoms with van der Waals surface area (Å²) in [6.45, 7) is 6.93. The first kappa shape index (κ1) is 17.1. The van der Waals surface area contributed by atoms with Gasteiger partial charge in [-0.05, 0) is 29.5 Å². The number of hydrogen-bond acceptors (Lipinski definition) is 2. The molecule has 1 atom stereocenters. The van der Waals surface area contributed by atoms with Crippen molar-refractivity contribution in [2.45, 2.75) is 33.4 Å². The standard InChI is InChI=1S/C18H27N5/c1-4-16-8-5-6-9-17(16)13-21-18(19-3)20-12-15(2)14-23-11-7-10-22-23/h5-11,15H,4,12-14H2,1-3H3,(H2,19,20,21). The highest BCUT2D eigenvalue weighted by molar-refractivity contribution is 5.79. The van der Waals surface area contributed by atoms with E-state index in [0.717, 1.165) is 32.0 Å². The van der Waals surface area contributed by atoms with Gasteiger partial charge in [-0.15, -0.1) is 0 Å². The summed E-state index contributed by atoms with van der Waals surface area (Å²) >= 11 is 0. The molecule has 2 rings (SSSR count). The first-order valence-corrected chi connectivity index (χ1v) is 8.21. The molecule has 0 fully saturated rings. The van der Waals surface area contributed by atoms with Crippen LogP contribution < -0.4 is 10.6 Å². The predicted octanol–water partition coefficient (Wildman–Crippen LogP) is 2.45. The van der Waals surface area contributed by atoms with E-state index >= 15 is 0 Å². The third kappa shape index (κ3) is 5.43. The van der Waals surface area contributed by atoms with E-state index in [-0.39, 0.29) is 0 Å². The third-order valence-corrected chi connectivity index (χ3v) is 3.85. The average Bonchev–Trinajstić information content (AvgIpc) is 3.08. The van der Waals surface area contributed by atoms with E-state index in [0.29, 0.717) is 5.92 Å². The maximum atomic E-state index is 4.30. The highest BCUT2D eigenvalue weighted by Crippen LogP contribution is 2.08. The molecule has 0 aliphatic rings. The van der Waals surface area contributed by atoms with Crippen LogP contribution in [0.4, 0.5) is 0 Å². The Morgan fingerprint density at radius 3 is 2.65 bits per heavy atom. The van der Waals surface area contributed by atoms with Gasteiger partial charge in [-0.1, -0.05) is 38.1 Å². The molecule has 0 radical (unpaired) electrons. The Morgan fingerprint density at radius 1 is 1.22 bits per heavy atom. The van der Waals surface area contributed by atoms with Gasteiger partial charge in [0.2, 0.25) is 0 Å². The smallest absolute Gasteiger partial charge is 0.191 e. The number of benzene rings is 1. The Balaban J connectivity index is 1.79. The number of aliphatic imine (C=N–C) groups is 1. The summed E-state index contributed by atoms with van der Waals surface area (Å²) in [4.78, 5) is 4.30. The molecule has 0 amide bonds. The molecule has 23 heavy (non-hydrogen) atoms. The van der Waals surface area contributed by atoms with Crippen molar-refractivity contribution in [2.75, 3.05) is 13.6 Å². The summed E-state index contributed by atoms with van der Waals surface area (Å²) in [5.41, 5.74) is 2.70. The lowest BCUT2D eigenvalue weighted by atomic mass is 10.1. The Hall–Kier alpha value is -2.30. The van der Waals surface area contributed by atoms with Crippen molar-refractivity contribution in [2.24, 2.45) is 10.9 Å². The summed E-state index contributed by atoms with van der Waals surface area (Å²) in [5.74, 6) is 1.31. The fourth-order valence-corrected chi connectivity index (χ4v) is 2.54.